The quantitative estimate of drug-likeness (QED) is 0.854. The van der Waals surface area contributed by atoms with E-state index in [-0.39, 0.29) is 29.3 Å². The highest BCUT2D eigenvalue weighted by molar-refractivity contribution is 6.42. The zero-order valence-electron chi connectivity index (χ0n) is 14.1. The molecule has 26 heavy (non-hydrogen) atoms. The summed E-state index contributed by atoms with van der Waals surface area (Å²) in [6.45, 7) is 2.24. The van der Waals surface area contributed by atoms with Gasteiger partial charge in [-0.3, -0.25) is 9.59 Å². The molecule has 4 nitrogen and oxygen atoms in total. The van der Waals surface area contributed by atoms with Crippen molar-refractivity contribution >= 4 is 35.0 Å². The molecule has 1 aliphatic rings. The third-order valence-electron chi connectivity index (χ3n) is 4.55. The van der Waals surface area contributed by atoms with Crippen molar-refractivity contribution in [1.82, 2.24) is 10.2 Å². The molecule has 2 aromatic rings. The van der Waals surface area contributed by atoms with E-state index in [1.165, 1.54) is 30.3 Å². The third kappa shape index (κ3) is 3.84. The van der Waals surface area contributed by atoms with Crippen LogP contribution in [0.2, 0.25) is 10.0 Å². The van der Waals surface area contributed by atoms with Gasteiger partial charge in [-0.1, -0.05) is 29.3 Å². The number of amides is 2. The average Bonchev–Trinajstić information content (AvgIpc) is 2.62. The smallest absolute Gasteiger partial charge is 0.251 e. The molecule has 1 unspecified atom stereocenters. The molecule has 0 saturated heterocycles. The Kier molecular flexibility index (Phi) is 5.49. The number of fused-ring (bicyclic) bond motifs is 1. The van der Waals surface area contributed by atoms with E-state index in [4.69, 9.17) is 23.2 Å². The van der Waals surface area contributed by atoms with Gasteiger partial charge in [-0.15, -0.1) is 0 Å². The van der Waals surface area contributed by atoms with E-state index in [0.29, 0.717) is 23.6 Å². The van der Waals surface area contributed by atoms with Crippen molar-refractivity contribution in [2.24, 2.45) is 0 Å². The summed E-state index contributed by atoms with van der Waals surface area (Å²) in [7, 11) is 0. The van der Waals surface area contributed by atoms with Crippen molar-refractivity contribution in [3.05, 3.63) is 69.0 Å². The van der Waals surface area contributed by atoms with Crippen LogP contribution in [0, 0.1) is 5.82 Å². The SMILES string of the molecule is CC1c2cc(F)ccc2CCN1C(=O)CNC(=O)c1ccc(Cl)c(Cl)c1. The number of carbonyl (C=O) groups is 2. The summed E-state index contributed by atoms with van der Waals surface area (Å²) in [6, 6.07) is 8.93. The number of nitrogens with one attached hydrogen (secondary N) is 1. The van der Waals surface area contributed by atoms with Crippen LogP contribution in [0.15, 0.2) is 36.4 Å². The number of carbonyl (C=O) groups excluding carboxylic acids is 2. The summed E-state index contributed by atoms with van der Waals surface area (Å²) in [5, 5.41) is 3.22. The minimum Gasteiger partial charge on any atom is -0.343 e. The molecule has 1 atom stereocenters. The fourth-order valence-electron chi connectivity index (χ4n) is 3.12. The zero-order valence-corrected chi connectivity index (χ0v) is 15.6. The number of halogens is 3. The van der Waals surface area contributed by atoms with Crippen LogP contribution in [0.1, 0.15) is 34.5 Å². The van der Waals surface area contributed by atoms with E-state index in [1.807, 2.05) is 6.92 Å². The van der Waals surface area contributed by atoms with Gasteiger partial charge in [-0.2, -0.15) is 0 Å². The topological polar surface area (TPSA) is 49.4 Å². The normalized spacial score (nSPS) is 16.2. The number of hydrogen-bond acceptors (Lipinski definition) is 2. The highest BCUT2D eigenvalue weighted by Crippen LogP contribution is 2.30. The monoisotopic (exact) mass is 394 g/mol. The molecule has 136 valence electrons. The lowest BCUT2D eigenvalue weighted by atomic mass is 9.93. The lowest BCUT2D eigenvalue weighted by Gasteiger charge is -2.35. The summed E-state index contributed by atoms with van der Waals surface area (Å²) < 4.78 is 13.5. The Morgan fingerprint density at radius 2 is 1.96 bits per heavy atom. The molecule has 1 aliphatic heterocycles. The molecule has 3 rings (SSSR count). The van der Waals surface area contributed by atoms with Crippen LogP contribution >= 0.6 is 23.2 Å². The second-order valence-electron chi connectivity index (χ2n) is 6.17. The summed E-state index contributed by atoms with van der Waals surface area (Å²) in [5.74, 6) is -0.952. The van der Waals surface area contributed by atoms with Crippen LogP contribution in [0.5, 0.6) is 0 Å². The van der Waals surface area contributed by atoms with Crippen molar-refractivity contribution < 1.29 is 14.0 Å². The lowest BCUT2D eigenvalue weighted by Crippen LogP contribution is -2.44. The number of nitrogens with zero attached hydrogens (tertiary/aromatic N) is 1. The molecular formula is C19H17Cl2FN2O2. The van der Waals surface area contributed by atoms with Crippen LogP contribution in [-0.4, -0.2) is 29.8 Å². The molecule has 0 saturated carbocycles. The number of hydrogen-bond donors (Lipinski definition) is 1. The molecular weight excluding hydrogens is 378 g/mol. The van der Waals surface area contributed by atoms with Crippen molar-refractivity contribution in [1.29, 1.82) is 0 Å². The highest BCUT2D eigenvalue weighted by Gasteiger charge is 2.28. The maximum absolute atomic E-state index is 13.5. The largest absolute Gasteiger partial charge is 0.343 e. The Balaban J connectivity index is 1.65. The number of rotatable bonds is 3. The van der Waals surface area contributed by atoms with Gasteiger partial charge in [0.2, 0.25) is 5.91 Å². The zero-order chi connectivity index (χ0) is 18.8. The first kappa shape index (κ1) is 18.7. The predicted octanol–water partition coefficient (Wildman–Crippen LogP) is 4.01. The third-order valence-corrected chi connectivity index (χ3v) is 5.29. The maximum atomic E-state index is 13.5. The van der Waals surface area contributed by atoms with Crippen molar-refractivity contribution in [3.63, 3.8) is 0 Å². The molecule has 0 aliphatic carbocycles. The van der Waals surface area contributed by atoms with Crippen LogP contribution in [0.3, 0.4) is 0 Å². The fourth-order valence-corrected chi connectivity index (χ4v) is 3.42. The first-order chi connectivity index (χ1) is 12.4. The Morgan fingerprint density at radius 1 is 1.19 bits per heavy atom. The molecule has 0 aromatic heterocycles. The lowest BCUT2D eigenvalue weighted by molar-refractivity contribution is -0.132. The molecule has 1 N–H and O–H groups in total. The summed E-state index contributed by atoms with van der Waals surface area (Å²) >= 11 is 11.7. The van der Waals surface area contributed by atoms with E-state index in [2.05, 4.69) is 5.32 Å². The van der Waals surface area contributed by atoms with Crippen molar-refractivity contribution in [2.75, 3.05) is 13.1 Å². The van der Waals surface area contributed by atoms with E-state index in [1.54, 1.807) is 11.0 Å². The van der Waals surface area contributed by atoms with Crippen LogP contribution in [0.4, 0.5) is 4.39 Å². The first-order valence-corrected chi connectivity index (χ1v) is 8.93. The van der Waals surface area contributed by atoms with E-state index in [9.17, 15) is 14.0 Å². The van der Waals surface area contributed by atoms with Gasteiger partial charge >= 0.3 is 0 Å². The van der Waals surface area contributed by atoms with E-state index < -0.39 is 5.91 Å². The van der Waals surface area contributed by atoms with E-state index >= 15 is 0 Å². The molecule has 7 heteroatoms. The number of benzene rings is 2. The van der Waals surface area contributed by atoms with Gasteiger partial charge in [0.05, 0.1) is 22.6 Å². The Bertz CT molecular complexity index is 873. The first-order valence-electron chi connectivity index (χ1n) is 8.18. The molecule has 0 spiro atoms. The van der Waals surface area contributed by atoms with Gasteiger partial charge in [0, 0.05) is 12.1 Å². The molecule has 2 aromatic carbocycles. The average molecular weight is 395 g/mol. The Labute approximate surface area is 160 Å². The summed E-state index contributed by atoms with van der Waals surface area (Å²) in [5.41, 5.74) is 2.18. The standard InChI is InChI=1S/C19H17Cl2FN2O2/c1-11-15-9-14(22)4-2-12(15)6-7-24(11)18(25)10-23-19(26)13-3-5-16(20)17(21)8-13/h2-5,8-9,11H,6-7,10H2,1H3,(H,23,26). The van der Waals surface area contributed by atoms with Crippen LogP contribution < -0.4 is 5.32 Å². The van der Waals surface area contributed by atoms with Gasteiger partial charge in [0.15, 0.2) is 0 Å². The molecule has 0 fully saturated rings. The van der Waals surface area contributed by atoms with Crippen molar-refractivity contribution in [3.8, 4) is 0 Å². The molecule has 2 amide bonds. The van der Waals surface area contributed by atoms with Crippen LogP contribution in [-0.2, 0) is 11.2 Å². The maximum Gasteiger partial charge on any atom is 0.251 e. The van der Waals surface area contributed by atoms with E-state index in [0.717, 1.165) is 11.1 Å². The highest BCUT2D eigenvalue weighted by atomic mass is 35.5. The Hall–Kier alpha value is -2.11. The summed E-state index contributed by atoms with van der Waals surface area (Å²) in [4.78, 5) is 26.4. The molecule has 1 heterocycles. The second-order valence-corrected chi connectivity index (χ2v) is 6.98. The minimum absolute atomic E-state index is 0.145. The van der Waals surface area contributed by atoms with Gasteiger partial charge < -0.3 is 10.2 Å². The van der Waals surface area contributed by atoms with Gasteiger partial charge in [0.1, 0.15) is 5.82 Å². The van der Waals surface area contributed by atoms with Crippen molar-refractivity contribution in [2.45, 2.75) is 19.4 Å². The van der Waals surface area contributed by atoms with Crippen LogP contribution in [0.25, 0.3) is 0 Å². The fraction of sp³-hybridized carbons (Fsp3) is 0.263. The Morgan fingerprint density at radius 3 is 2.69 bits per heavy atom. The van der Waals surface area contributed by atoms with Gasteiger partial charge in [-0.25, -0.2) is 4.39 Å². The molecule has 0 radical (unpaired) electrons. The van der Waals surface area contributed by atoms with Gasteiger partial charge in [-0.05, 0) is 54.8 Å². The second kappa shape index (κ2) is 7.64. The molecule has 0 bridgehead atoms. The summed E-state index contributed by atoms with van der Waals surface area (Å²) in [6.07, 6.45) is 0.659. The minimum atomic E-state index is -0.409. The van der Waals surface area contributed by atoms with Gasteiger partial charge in [0.25, 0.3) is 5.91 Å². The predicted molar refractivity (Wildman–Crippen MR) is 99.0 cm³/mol.